The predicted molar refractivity (Wildman–Crippen MR) is 109 cm³/mol. The lowest BCUT2D eigenvalue weighted by Crippen LogP contribution is -2.26. The number of aromatic nitrogens is 3. The van der Waals surface area contributed by atoms with Gasteiger partial charge in [-0.3, -0.25) is 9.78 Å². The lowest BCUT2D eigenvalue weighted by molar-refractivity contribution is 0.0948. The lowest BCUT2D eigenvalue weighted by Gasteiger charge is -2.08. The topological polar surface area (TPSA) is 79.8 Å². The minimum atomic E-state index is -0.307. The number of para-hydroxylation sites is 1. The zero-order chi connectivity index (χ0) is 20.1. The van der Waals surface area contributed by atoms with Gasteiger partial charge < -0.3 is 10.6 Å². The van der Waals surface area contributed by atoms with E-state index < -0.39 is 0 Å². The predicted octanol–water partition coefficient (Wildman–Crippen LogP) is 3.88. The number of hydrogen-bond acceptors (Lipinski definition) is 5. The monoisotopic (exact) mass is 387 g/mol. The van der Waals surface area contributed by atoms with Crippen LogP contribution in [0.15, 0.2) is 72.9 Å². The quantitative estimate of drug-likeness (QED) is 0.525. The van der Waals surface area contributed by atoms with E-state index in [4.69, 9.17) is 0 Å². The third kappa shape index (κ3) is 4.52. The molecular weight excluding hydrogens is 369 g/mol. The number of hydrogen-bond donors (Lipinski definition) is 2. The fourth-order valence-electron chi connectivity index (χ4n) is 2.93. The van der Waals surface area contributed by atoms with Crippen molar-refractivity contribution in [2.45, 2.75) is 6.42 Å². The SMILES string of the molecule is O=C(NCCc1ccc(F)cc1)c1ccc(Nc2cccc3cccnc23)nn1. The zero-order valence-corrected chi connectivity index (χ0v) is 15.5. The van der Waals surface area contributed by atoms with Crippen LogP contribution < -0.4 is 10.6 Å². The summed E-state index contributed by atoms with van der Waals surface area (Å²) in [7, 11) is 0. The Labute approximate surface area is 166 Å². The van der Waals surface area contributed by atoms with Crippen LogP contribution in [0.3, 0.4) is 0 Å². The maximum absolute atomic E-state index is 12.9. The van der Waals surface area contributed by atoms with E-state index in [9.17, 15) is 9.18 Å². The van der Waals surface area contributed by atoms with E-state index in [0.717, 1.165) is 22.2 Å². The maximum Gasteiger partial charge on any atom is 0.271 e. The molecule has 1 amide bonds. The van der Waals surface area contributed by atoms with Crippen molar-refractivity contribution >= 4 is 28.3 Å². The van der Waals surface area contributed by atoms with Crippen molar-refractivity contribution < 1.29 is 9.18 Å². The smallest absolute Gasteiger partial charge is 0.271 e. The van der Waals surface area contributed by atoms with Crippen molar-refractivity contribution in [3.05, 3.63) is 90.0 Å². The molecule has 2 aromatic carbocycles. The number of nitrogens with one attached hydrogen (secondary N) is 2. The average Bonchev–Trinajstić information content (AvgIpc) is 2.76. The number of benzene rings is 2. The molecule has 4 aromatic rings. The van der Waals surface area contributed by atoms with Crippen molar-refractivity contribution in [2.75, 3.05) is 11.9 Å². The summed E-state index contributed by atoms with van der Waals surface area (Å²) in [5.74, 6) is -0.0648. The van der Waals surface area contributed by atoms with Crippen molar-refractivity contribution in [1.82, 2.24) is 20.5 Å². The van der Waals surface area contributed by atoms with Gasteiger partial charge in [-0.15, -0.1) is 10.2 Å². The first-order valence-corrected chi connectivity index (χ1v) is 9.16. The highest BCUT2D eigenvalue weighted by Gasteiger charge is 2.09. The van der Waals surface area contributed by atoms with E-state index in [1.54, 1.807) is 30.5 Å². The summed E-state index contributed by atoms with van der Waals surface area (Å²) in [4.78, 5) is 16.6. The minimum Gasteiger partial charge on any atom is -0.350 e. The number of carbonyl (C=O) groups is 1. The van der Waals surface area contributed by atoms with Crippen LogP contribution >= 0.6 is 0 Å². The molecule has 0 aliphatic rings. The van der Waals surface area contributed by atoms with E-state index in [1.807, 2.05) is 30.3 Å². The molecule has 0 saturated carbocycles. The van der Waals surface area contributed by atoms with Crippen molar-refractivity contribution in [3.8, 4) is 0 Å². The van der Waals surface area contributed by atoms with Gasteiger partial charge in [-0.05, 0) is 48.4 Å². The Bertz CT molecular complexity index is 1120. The van der Waals surface area contributed by atoms with E-state index >= 15 is 0 Å². The third-order valence-electron chi connectivity index (χ3n) is 4.41. The lowest BCUT2D eigenvalue weighted by atomic mass is 10.1. The Hall–Kier alpha value is -3.87. The minimum absolute atomic E-state index is 0.228. The normalized spacial score (nSPS) is 10.7. The number of fused-ring (bicyclic) bond motifs is 1. The van der Waals surface area contributed by atoms with Crippen molar-refractivity contribution in [3.63, 3.8) is 0 Å². The molecule has 0 fully saturated rings. The number of pyridine rings is 1. The van der Waals surface area contributed by atoms with E-state index in [2.05, 4.69) is 25.8 Å². The number of rotatable bonds is 6. The third-order valence-corrected chi connectivity index (χ3v) is 4.41. The Morgan fingerprint density at radius 2 is 1.76 bits per heavy atom. The second-order valence-electron chi connectivity index (χ2n) is 6.44. The molecule has 0 unspecified atom stereocenters. The van der Waals surface area contributed by atoms with E-state index in [1.165, 1.54) is 12.1 Å². The Balaban J connectivity index is 1.37. The molecule has 2 heterocycles. The molecule has 4 rings (SSSR count). The first-order valence-electron chi connectivity index (χ1n) is 9.16. The highest BCUT2D eigenvalue weighted by molar-refractivity contribution is 5.93. The van der Waals surface area contributed by atoms with Crippen LogP contribution in [0.1, 0.15) is 16.1 Å². The molecule has 0 spiro atoms. The average molecular weight is 387 g/mol. The molecule has 2 N–H and O–H groups in total. The Kier molecular flexibility index (Phi) is 5.38. The van der Waals surface area contributed by atoms with Gasteiger partial charge in [0.25, 0.3) is 5.91 Å². The summed E-state index contributed by atoms with van der Waals surface area (Å²) in [5.41, 5.74) is 2.82. The van der Waals surface area contributed by atoms with Crippen LogP contribution in [0.5, 0.6) is 0 Å². The standard InChI is InChI=1S/C22H18FN5O/c23-17-8-6-15(7-9-17)12-14-25-22(29)19-10-11-20(28-27-19)26-18-5-1-3-16-4-2-13-24-21(16)18/h1-11,13H,12,14H2,(H,25,29)(H,26,28). The van der Waals surface area contributed by atoms with Gasteiger partial charge in [0.1, 0.15) is 5.82 Å². The molecule has 0 aliphatic heterocycles. The summed E-state index contributed by atoms with van der Waals surface area (Å²) < 4.78 is 12.9. The fraction of sp³-hybridized carbons (Fsp3) is 0.0909. The summed E-state index contributed by atoms with van der Waals surface area (Å²) in [5, 5.41) is 15.1. The molecule has 7 heteroatoms. The van der Waals surface area contributed by atoms with Crippen molar-refractivity contribution in [1.29, 1.82) is 0 Å². The van der Waals surface area contributed by atoms with Crippen LogP contribution in [0.4, 0.5) is 15.9 Å². The van der Waals surface area contributed by atoms with Gasteiger partial charge in [0.15, 0.2) is 11.5 Å². The van der Waals surface area contributed by atoms with Crippen LogP contribution in [0.25, 0.3) is 10.9 Å². The first-order chi connectivity index (χ1) is 14.2. The fourth-order valence-corrected chi connectivity index (χ4v) is 2.93. The van der Waals surface area contributed by atoms with Gasteiger partial charge in [0.05, 0.1) is 11.2 Å². The Morgan fingerprint density at radius 3 is 2.55 bits per heavy atom. The van der Waals surface area contributed by atoms with Gasteiger partial charge in [-0.2, -0.15) is 0 Å². The number of halogens is 1. The summed E-state index contributed by atoms with van der Waals surface area (Å²) in [6, 6.07) is 19.2. The van der Waals surface area contributed by atoms with Gasteiger partial charge in [0, 0.05) is 18.1 Å². The largest absolute Gasteiger partial charge is 0.350 e. The Morgan fingerprint density at radius 1 is 0.931 bits per heavy atom. The van der Waals surface area contributed by atoms with E-state index in [0.29, 0.717) is 18.8 Å². The second kappa shape index (κ2) is 8.43. The molecule has 0 bridgehead atoms. The molecule has 0 radical (unpaired) electrons. The first kappa shape index (κ1) is 18.5. The molecule has 0 saturated heterocycles. The molecule has 2 aromatic heterocycles. The van der Waals surface area contributed by atoms with Gasteiger partial charge in [-0.25, -0.2) is 4.39 Å². The number of nitrogens with zero attached hydrogens (tertiary/aromatic N) is 3. The van der Waals surface area contributed by atoms with Crippen LogP contribution in [-0.2, 0) is 6.42 Å². The van der Waals surface area contributed by atoms with Crippen LogP contribution in [0, 0.1) is 5.82 Å². The van der Waals surface area contributed by atoms with Gasteiger partial charge in [-0.1, -0.05) is 30.3 Å². The summed E-state index contributed by atoms with van der Waals surface area (Å²) >= 11 is 0. The zero-order valence-electron chi connectivity index (χ0n) is 15.5. The molecule has 0 atom stereocenters. The van der Waals surface area contributed by atoms with Crippen LogP contribution in [-0.4, -0.2) is 27.6 Å². The molecular formula is C22H18FN5O. The highest BCUT2D eigenvalue weighted by Crippen LogP contribution is 2.23. The number of amides is 1. The maximum atomic E-state index is 12.9. The van der Waals surface area contributed by atoms with Gasteiger partial charge >= 0.3 is 0 Å². The molecule has 144 valence electrons. The van der Waals surface area contributed by atoms with E-state index in [-0.39, 0.29) is 17.4 Å². The molecule has 0 aliphatic carbocycles. The van der Waals surface area contributed by atoms with Crippen molar-refractivity contribution in [2.24, 2.45) is 0 Å². The van der Waals surface area contributed by atoms with Gasteiger partial charge in [0.2, 0.25) is 0 Å². The molecule has 6 nitrogen and oxygen atoms in total. The molecule has 29 heavy (non-hydrogen) atoms. The number of carbonyl (C=O) groups excluding carboxylic acids is 1. The second-order valence-corrected chi connectivity index (χ2v) is 6.44. The van der Waals surface area contributed by atoms with Crippen LogP contribution in [0.2, 0.25) is 0 Å². The summed E-state index contributed by atoms with van der Waals surface area (Å²) in [6.45, 7) is 0.424. The summed E-state index contributed by atoms with van der Waals surface area (Å²) in [6.07, 6.45) is 2.34. The highest BCUT2D eigenvalue weighted by atomic mass is 19.1. The number of anilines is 2.